The lowest BCUT2D eigenvalue weighted by Crippen LogP contribution is -2.40. The minimum Gasteiger partial charge on any atom is -0.508 e. The van der Waals surface area contributed by atoms with Gasteiger partial charge in [-0.25, -0.2) is 0 Å². The molecule has 0 unspecified atom stereocenters. The van der Waals surface area contributed by atoms with E-state index in [1.807, 2.05) is 25.1 Å². The molecule has 2 aromatic carbocycles. The maximum absolute atomic E-state index is 12.2. The maximum atomic E-state index is 12.2. The number of carbonyl (C=O) groups is 2. The number of aryl methyl sites for hydroxylation is 2. The molecule has 2 aromatic rings. The fraction of sp³-hybridized carbons (Fsp3) is 0.263. The molecule has 2 N–H and O–H groups in total. The second-order valence-electron chi connectivity index (χ2n) is 6.10. The monoisotopic (exact) mass is 340 g/mol. The van der Waals surface area contributed by atoms with Crippen LogP contribution in [-0.2, 0) is 9.59 Å². The van der Waals surface area contributed by atoms with Crippen LogP contribution in [0.5, 0.6) is 11.5 Å². The Bertz CT molecular complexity index is 832. The van der Waals surface area contributed by atoms with Gasteiger partial charge in [0, 0.05) is 18.7 Å². The second-order valence-corrected chi connectivity index (χ2v) is 6.10. The number of fused-ring (bicyclic) bond motifs is 1. The number of phenolic OH excluding ortho intramolecular Hbond substituents is 1. The molecular formula is C19H20N2O4. The summed E-state index contributed by atoms with van der Waals surface area (Å²) in [7, 11) is 0. The average Bonchev–Trinajstić information content (AvgIpc) is 2.56. The van der Waals surface area contributed by atoms with Crippen LogP contribution >= 0.6 is 0 Å². The zero-order valence-electron chi connectivity index (χ0n) is 14.2. The van der Waals surface area contributed by atoms with Crippen LogP contribution in [0.1, 0.15) is 17.5 Å². The number of nitrogens with one attached hydrogen (secondary N) is 1. The van der Waals surface area contributed by atoms with E-state index in [2.05, 4.69) is 5.32 Å². The smallest absolute Gasteiger partial charge is 0.265 e. The summed E-state index contributed by atoms with van der Waals surface area (Å²) in [6.07, 6.45) is 0.166. The Balaban J connectivity index is 1.68. The Morgan fingerprint density at radius 1 is 1.24 bits per heavy atom. The van der Waals surface area contributed by atoms with E-state index in [4.69, 9.17) is 4.74 Å². The lowest BCUT2D eigenvalue weighted by molar-refractivity contribution is -0.121. The van der Waals surface area contributed by atoms with Crippen molar-refractivity contribution in [1.29, 1.82) is 0 Å². The SMILES string of the molecule is Cc1ccc2c(c1)N(CCC(=O)Nc1ccc(O)cc1C)C(=O)CO2. The molecule has 0 aromatic heterocycles. The summed E-state index contributed by atoms with van der Waals surface area (Å²) >= 11 is 0. The Labute approximate surface area is 146 Å². The van der Waals surface area contributed by atoms with Crippen molar-refractivity contribution in [3.05, 3.63) is 47.5 Å². The molecule has 0 bridgehead atoms. The van der Waals surface area contributed by atoms with Crippen molar-refractivity contribution in [2.75, 3.05) is 23.4 Å². The Kier molecular flexibility index (Phi) is 4.61. The molecule has 0 saturated carbocycles. The molecule has 0 aliphatic carbocycles. The quantitative estimate of drug-likeness (QED) is 0.839. The van der Waals surface area contributed by atoms with Gasteiger partial charge in [0.2, 0.25) is 5.91 Å². The summed E-state index contributed by atoms with van der Waals surface area (Å²) in [6, 6.07) is 10.4. The van der Waals surface area contributed by atoms with E-state index < -0.39 is 0 Å². The van der Waals surface area contributed by atoms with Crippen LogP contribution in [0.4, 0.5) is 11.4 Å². The van der Waals surface area contributed by atoms with Crippen molar-refractivity contribution < 1.29 is 19.4 Å². The fourth-order valence-corrected chi connectivity index (χ4v) is 2.77. The van der Waals surface area contributed by atoms with Gasteiger partial charge in [-0.05, 0) is 55.3 Å². The summed E-state index contributed by atoms with van der Waals surface area (Å²) in [5.74, 6) is 0.454. The van der Waals surface area contributed by atoms with E-state index in [0.29, 0.717) is 17.1 Å². The molecule has 0 fully saturated rings. The van der Waals surface area contributed by atoms with Crippen LogP contribution in [-0.4, -0.2) is 30.1 Å². The van der Waals surface area contributed by atoms with Crippen molar-refractivity contribution in [2.45, 2.75) is 20.3 Å². The molecule has 0 saturated heterocycles. The highest BCUT2D eigenvalue weighted by Crippen LogP contribution is 2.33. The van der Waals surface area contributed by atoms with Crippen molar-refractivity contribution in [1.82, 2.24) is 0 Å². The predicted octanol–water partition coefficient (Wildman–Crippen LogP) is 2.76. The minimum absolute atomic E-state index is 0.0191. The number of phenols is 1. The van der Waals surface area contributed by atoms with Crippen LogP contribution in [0.3, 0.4) is 0 Å². The second kappa shape index (κ2) is 6.84. The third-order valence-electron chi connectivity index (χ3n) is 4.10. The van der Waals surface area contributed by atoms with Gasteiger partial charge in [-0.1, -0.05) is 6.07 Å². The fourth-order valence-electron chi connectivity index (χ4n) is 2.77. The number of nitrogens with zero attached hydrogens (tertiary/aromatic N) is 1. The van der Waals surface area contributed by atoms with Crippen molar-refractivity contribution in [3.63, 3.8) is 0 Å². The summed E-state index contributed by atoms with van der Waals surface area (Å²) in [5.41, 5.74) is 3.14. The van der Waals surface area contributed by atoms with Gasteiger partial charge >= 0.3 is 0 Å². The summed E-state index contributed by atoms with van der Waals surface area (Å²) in [5, 5.41) is 12.2. The van der Waals surface area contributed by atoms with E-state index in [-0.39, 0.29) is 37.1 Å². The number of benzene rings is 2. The Hall–Kier alpha value is -3.02. The standard InChI is InChI=1S/C19H20N2O4/c1-12-3-6-17-16(9-12)21(19(24)11-25-17)8-7-18(23)20-15-5-4-14(22)10-13(15)2/h3-6,9-10,22H,7-8,11H2,1-2H3,(H,20,23). The van der Waals surface area contributed by atoms with E-state index in [0.717, 1.165) is 11.1 Å². The normalized spacial score (nSPS) is 13.2. The summed E-state index contributed by atoms with van der Waals surface area (Å²) < 4.78 is 5.43. The molecule has 0 atom stereocenters. The van der Waals surface area contributed by atoms with E-state index in [1.54, 1.807) is 24.0 Å². The molecule has 1 heterocycles. The van der Waals surface area contributed by atoms with Gasteiger partial charge in [0.1, 0.15) is 11.5 Å². The molecule has 130 valence electrons. The largest absolute Gasteiger partial charge is 0.508 e. The lowest BCUT2D eigenvalue weighted by Gasteiger charge is -2.29. The summed E-state index contributed by atoms with van der Waals surface area (Å²) in [6.45, 7) is 4.01. The molecule has 2 amide bonds. The van der Waals surface area contributed by atoms with E-state index in [1.165, 1.54) is 6.07 Å². The van der Waals surface area contributed by atoms with Crippen LogP contribution in [0, 0.1) is 13.8 Å². The van der Waals surface area contributed by atoms with Crippen LogP contribution in [0.15, 0.2) is 36.4 Å². The first-order valence-electron chi connectivity index (χ1n) is 8.07. The van der Waals surface area contributed by atoms with Gasteiger partial charge < -0.3 is 20.1 Å². The third-order valence-corrected chi connectivity index (χ3v) is 4.10. The Morgan fingerprint density at radius 2 is 2.04 bits per heavy atom. The first-order chi connectivity index (χ1) is 11.9. The molecule has 1 aliphatic heterocycles. The topological polar surface area (TPSA) is 78.9 Å². The third kappa shape index (κ3) is 3.74. The first-order valence-corrected chi connectivity index (χ1v) is 8.07. The minimum atomic E-state index is -0.192. The highest BCUT2D eigenvalue weighted by atomic mass is 16.5. The van der Waals surface area contributed by atoms with Gasteiger partial charge in [-0.15, -0.1) is 0 Å². The Morgan fingerprint density at radius 3 is 2.80 bits per heavy atom. The van der Waals surface area contributed by atoms with E-state index >= 15 is 0 Å². The molecule has 6 nitrogen and oxygen atoms in total. The van der Waals surface area contributed by atoms with Crippen LogP contribution in [0.25, 0.3) is 0 Å². The van der Waals surface area contributed by atoms with Gasteiger partial charge in [0.15, 0.2) is 6.61 Å². The zero-order valence-corrected chi connectivity index (χ0v) is 14.2. The molecule has 25 heavy (non-hydrogen) atoms. The molecule has 1 aliphatic rings. The number of ether oxygens (including phenoxy) is 1. The van der Waals surface area contributed by atoms with Gasteiger partial charge in [-0.3, -0.25) is 9.59 Å². The van der Waals surface area contributed by atoms with E-state index in [9.17, 15) is 14.7 Å². The first kappa shape index (κ1) is 16.8. The summed E-state index contributed by atoms with van der Waals surface area (Å²) in [4.78, 5) is 26.0. The number of aromatic hydroxyl groups is 1. The maximum Gasteiger partial charge on any atom is 0.265 e. The van der Waals surface area contributed by atoms with Crippen molar-refractivity contribution >= 4 is 23.2 Å². The number of anilines is 2. The zero-order chi connectivity index (χ0) is 18.0. The molecule has 0 radical (unpaired) electrons. The van der Waals surface area contributed by atoms with Crippen LogP contribution < -0.4 is 15.0 Å². The van der Waals surface area contributed by atoms with Crippen molar-refractivity contribution in [3.8, 4) is 11.5 Å². The molecule has 3 rings (SSSR count). The highest BCUT2D eigenvalue weighted by molar-refractivity contribution is 5.99. The predicted molar refractivity (Wildman–Crippen MR) is 95.1 cm³/mol. The number of rotatable bonds is 4. The highest BCUT2D eigenvalue weighted by Gasteiger charge is 2.25. The number of hydrogen-bond acceptors (Lipinski definition) is 4. The van der Waals surface area contributed by atoms with Gasteiger partial charge in [0.25, 0.3) is 5.91 Å². The number of carbonyl (C=O) groups excluding carboxylic acids is 2. The lowest BCUT2D eigenvalue weighted by atomic mass is 10.1. The number of amides is 2. The van der Waals surface area contributed by atoms with Gasteiger partial charge in [0.05, 0.1) is 5.69 Å². The van der Waals surface area contributed by atoms with Gasteiger partial charge in [-0.2, -0.15) is 0 Å². The number of hydrogen-bond donors (Lipinski definition) is 2. The van der Waals surface area contributed by atoms with Crippen LogP contribution in [0.2, 0.25) is 0 Å². The average molecular weight is 340 g/mol. The molecule has 6 heteroatoms. The van der Waals surface area contributed by atoms with Crippen molar-refractivity contribution in [2.24, 2.45) is 0 Å². The molecular weight excluding hydrogens is 320 g/mol. The molecule has 0 spiro atoms.